The van der Waals surface area contributed by atoms with Crippen molar-refractivity contribution in [3.05, 3.63) is 82.6 Å². The minimum absolute atomic E-state index is 0.270. The van der Waals surface area contributed by atoms with E-state index in [2.05, 4.69) is 21.7 Å². The van der Waals surface area contributed by atoms with Crippen LogP contribution in [0.25, 0.3) is 0 Å². The Bertz CT molecular complexity index is 958. The lowest BCUT2D eigenvalue weighted by molar-refractivity contribution is 0.102. The summed E-state index contributed by atoms with van der Waals surface area (Å²) in [4.78, 5) is 16.7. The van der Waals surface area contributed by atoms with Gasteiger partial charge in [0.1, 0.15) is 11.4 Å². The van der Waals surface area contributed by atoms with Crippen LogP contribution in [0.4, 0.5) is 11.4 Å². The van der Waals surface area contributed by atoms with Crippen LogP contribution in [0.2, 0.25) is 5.02 Å². The van der Waals surface area contributed by atoms with Crippen molar-refractivity contribution in [2.24, 2.45) is 0 Å². The molecule has 5 nitrogen and oxygen atoms in total. The molecule has 0 spiro atoms. The van der Waals surface area contributed by atoms with Crippen LogP contribution in [-0.4, -0.2) is 24.5 Å². The molecule has 1 heterocycles. The first kappa shape index (κ1) is 19.7. The largest absolute Gasteiger partial charge is 0.497 e. The number of pyridine rings is 1. The standard InChI is InChI=1S/C22H22ClN3O2/c1-15-6-7-17(23)13-21(15)26-22(27)20-9-8-18(14-25-20)24-11-10-16-4-3-5-19(12-16)28-2/h3-9,12-14,24H,10-11H2,1-2H3,(H,26,27). The second-order valence-electron chi connectivity index (χ2n) is 6.37. The van der Waals surface area contributed by atoms with E-state index in [1.165, 1.54) is 5.56 Å². The second kappa shape index (κ2) is 9.24. The van der Waals surface area contributed by atoms with Gasteiger partial charge in [0.25, 0.3) is 5.91 Å². The lowest BCUT2D eigenvalue weighted by atomic mass is 10.1. The van der Waals surface area contributed by atoms with Crippen molar-refractivity contribution in [1.82, 2.24) is 4.98 Å². The third-order valence-electron chi connectivity index (χ3n) is 4.32. The molecule has 0 radical (unpaired) electrons. The maximum atomic E-state index is 12.4. The van der Waals surface area contributed by atoms with Crippen LogP contribution in [0.15, 0.2) is 60.8 Å². The number of anilines is 2. The van der Waals surface area contributed by atoms with Gasteiger partial charge in [0.05, 0.1) is 19.0 Å². The van der Waals surface area contributed by atoms with Crippen LogP contribution in [-0.2, 0) is 6.42 Å². The Hall–Kier alpha value is -3.05. The first-order valence-corrected chi connectivity index (χ1v) is 9.33. The lowest BCUT2D eigenvalue weighted by Crippen LogP contribution is -2.14. The Morgan fingerprint density at radius 1 is 1.14 bits per heavy atom. The molecule has 2 aromatic carbocycles. The molecule has 3 rings (SSSR count). The van der Waals surface area contributed by atoms with Crippen molar-refractivity contribution >= 4 is 28.9 Å². The van der Waals surface area contributed by atoms with Crippen molar-refractivity contribution in [3.8, 4) is 5.75 Å². The van der Waals surface area contributed by atoms with E-state index < -0.39 is 0 Å². The summed E-state index contributed by atoms with van der Waals surface area (Å²) in [7, 11) is 1.66. The molecule has 0 atom stereocenters. The highest BCUT2D eigenvalue weighted by molar-refractivity contribution is 6.31. The number of nitrogens with zero attached hydrogens (tertiary/aromatic N) is 1. The molecule has 28 heavy (non-hydrogen) atoms. The molecule has 0 fully saturated rings. The molecule has 3 aromatic rings. The van der Waals surface area contributed by atoms with E-state index in [0.29, 0.717) is 16.4 Å². The lowest BCUT2D eigenvalue weighted by Gasteiger charge is -2.10. The summed E-state index contributed by atoms with van der Waals surface area (Å²) in [5.74, 6) is 0.581. The van der Waals surface area contributed by atoms with Gasteiger partial charge in [-0.1, -0.05) is 29.8 Å². The molecule has 144 valence electrons. The number of methoxy groups -OCH3 is 1. The minimum atomic E-state index is -0.270. The summed E-state index contributed by atoms with van der Waals surface area (Å²) in [6.07, 6.45) is 2.51. The molecule has 2 N–H and O–H groups in total. The molecule has 0 saturated heterocycles. The summed E-state index contributed by atoms with van der Waals surface area (Å²) in [6, 6.07) is 16.9. The van der Waals surface area contributed by atoms with Crippen LogP contribution in [0, 0.1) is 6.92 Å². The molecular weight excluding hydrogens is 374 g/mol. The first-order chi connectivity index (χ1) is 13.5. The van der Waals surface area contributed by atoms with E-state index in [-0.39, 0.29) is 5.91 Å². The van der Waals surface area contributed by atoms with E-state index in [1.54, 1.807) is 31.5 Å². The van der Waals surface area contributed by atoms with Gasteiger partial charge in [-0.25, -0.2) is 4.98 Å². The highest BCUT2D eigenvalue weighted by Gasteiger charge is 2.09. The van der Waals surface area contributed by atoms with Gasteiger partial charge in [0.15, 0.2) is 0 Å². The molecular formula is C22H22ClN3O2. The van der Waals surface area contributed by atoms with Crippen LogP contribution in [0.3, 0.4) is 0 Å². The number of benzene rings is 2. The predicted octanol–water partition coefficient (Wildman–Crippen LogP) is 4.96. The summed E-state index contributed by atoms with van der Waals surface area (Å²) in [6.45, 7) is 2.66. The van der Waals surface area contributed by atoms with E-state index in [4.69, 9.17) is 16.3 Å². The number of carbonyl (C=O) groups is 1. The molecule has 6 heteroatoms. The molecule has 1 aromatic heterocycles. The van der Waals surface area contributed by atoms with Crippen LogP contribution in [0.5, 0.6) is 5.75 Å². The topological polar surface area (TPSA) is 63.2 Å². The highest BCUT2D eigenvalue weighted by atomic mass is 35.5. The smallest absolute Gasteiger partial charge is 0.274 e. The van der Waals surface area contributed by atoms with Crippen molar-refractivity contribution in [2.45, 2.75) is 13.3 Å². The van der Waals surface area contributed by atoms with Gasteiger partial charge < -0.3 is 15.4 Å². The fourth-order valence-corrected chi connectivity index (χ4v) is 2.90. The van der Waals surface area contributed by atoms with E-state index >= 15 is 0 Å². The van der Waals surface area contributed by atoms with Gasteiger partial charge in [-0.3, -0.25) is 4.79 Å². The third kappa shape index (κ3) is 5.24. The Morgan fingerprint density at radius 2 is 2.00 bits per heavy atom. The quantitative estimate of drug-likeness (QED) is 0.593. The van der Waals surface area contributed by atoms with Gasteiger partial charge >= 0.3 is 0 Å². The Kier molecular flexibility index (Phi) is 6.50. The monoisotopic (exact) mass is 395 g/mol. The Balaban J connectivity index is 1.55. The Labute approximate surface area is 169 Å². The Morgan fingerprint density at radius 3 is 2.75 bits per heavy atom. The predicted molar refractivity (Wildman–Crippen MR) is 114 cm³/mol. The van der Waals surface area contributed by atoms with Gasteiger partial charge in [0, 0.05) is 17.3 Å². The second-order valence-corrected chi connectivity index (χ2v) is 6.81. The SMILES string of the molecule is COc1cccc(CCNc2ccc(C(=O)Nc3cc(Cl)ccc3C)nc2)c1. The van der Waals surface area contributed by atoms with E-state index in [1.807, 2.05) is 37.3 Å². The van der Waals surface area contributed by atoms with Gasteiger partial charge in [-0.2, -0.15) is 0 Å². The number of hydrogen-bond donors (Lipinski definition) is 2. The fraction of sp³-hybridized carbons (Fsp3) is 0.182. The van der Waals surface area contributed by atoms with Crippen LogP contribution >= 0.6 is 11.6 Å². The van der Waals surface area contributed by atoms with Gasteiger partial charge in [0.2, 0.25) is 0 Å². The van der Waals surface area contributed by atoms with Crippen molar-refractivity contribution < 1.29 is 9.53 Å². The summed E-state index contributed by atoms with van der Waals surface area (Å²) < 4.78 is 5.24. The van der Waals surface area contributed by atoms with Crippen molar-refractivity contribution in [3.63, 3.8) is 0 Å². The first-order valence-electron chi connectivity index (χ1n) is 8.95. The number of carbonyl (C=O) groups excluding carboxylic acids is 1. The van der Waals surface area contributed by atoms with Crippen molar-refractivity contribution in [1.29, 1.82) is 0 Å². The van der Waals surface area contributed by atoms with Gasteiger partial charge in [-0.05, 0) is 60.9 Å². The maximum absolute atomic E-state index is 12.4. The number of rotatable bonds is 7. The molecule has 0 unspecified atom stereocenters. The maximum Gasteiger partial charge on any atom is 0.274 e. The third-order valence-corrected chi connectivity index (χ3v) is 4.56. The number of ether oxygens (including phenoxy) is 1. The summed E-state index contributed by atoms with van der Waals surface area (Å²) >= 11 is 5.99. The number of hydrogen-bond acceptors (Lipinski definition) is 4. The number of aryl methyl sites for hydroxylation is 1. The fourth-order valence-electron chi connectivity index (χ4n) is 2.73. The zero-order valence-corrected chi connectivity index (χ0v) is 16.6. The molecule has 0 aliphatic rings. The summed E-state index contributed by atoms with van der Waals surface area (Å²) in [5.41, 5.74) is 4.01. The molecule has 0 saturated carbocycles. The number of nitrogens with one attached hydrogen (secondary N) is 2. The number of halogens is 1. The average Bonchev–Trinajstić information content (AvgIpc) is 2.71. The molecule has 1 amide bonds. The zero-order valence-electron chi connectivity index (χ0n) is 15.8. The minimum Gasteiger partial charge on any atom is -0.497 e. The highest BCUT2D eigenvalue weighted by Crippen LogP contribution is 2.21. The number of amides is 1. The van der Waals surface area contributed by atoms with E-state index in [9.17, 15) is 4.79 Å². The van der Waals surface area contributed by atoms with Gasteiger partial charge in [-0.15, -0.1) is 0 Å². The van der Waals surface area contributed by atoms with Crippen LogP contribution < -0.4 is 15.4 Å². The molecule has 0 aliphatic carbocycles. The number of aromatic nitrogens is 1. The normalized spacial score (nSPS) is 10.4. The van der Waals surface area contributed by atoms with E-state index in [0.717, 1.165) is 30.0 Å². The average molecular weight is 396 g/mol. The zero-order chi connectivity index (χ0) is 19.9. The van der Waals surface area contributed by atoms with Crippen molar-refractivity contribution in [2.75, 3.05) is 24.3 Å². The van der Waals surface area contributed by atoms with Crippen LogP contribution in [0.1, 0.15) is 21.6 Å². The molecule has 0 bridgehead atoms. The molecule has 0 aliphatic heterocycles. The summed E-state index contributed by atoms with van der Waals surface area (Å²) in [5, 5.41) is 6.73.